The molecule has 0 spiro atoms. The van der Waals surface area contributed by atoms with E-state index in [0.717, 1.165) is 18.7 Å². The van der Waals surface area contributed by atoms with Gasteiger partial charge in [-0.15, -0.1) is 0 Å². The maximum absolute atomic E-state index is 11.4. The van der Waals surface area contributed by atoms with E-state index in [9.17, 15) is 9.90 Å². The van der Waals surface area contributed by atoms with E-state index in [2.05, 4.69) is 32.6 Å². The van der Waals surface area contributed by atoms with Crippen LogP contribution >= 0.6 is 0 Å². The third kappa shape index (κ3) is 3.16. The zero-order valence-electron chi connectivity index (χ0n) is 12.4. The lowest BCUT2D eigenvalue weighted by Gasteiger charge is -2.46. The number of hydrogen-bond acceptors (Lipinski definition) is 2. The number of carboxylic acids is 1. The largest absolute Gasteiger partial charge is 0.481 e. The Labute approximate surface area is 116 Å². The Bertz CT molecular complexity index is 398. The van der Waals surface area contributed by atoms with Gasteiger partial charge in [-0.05, 0) is 24.6 Å². The highest BCUT2D eigenvalue weighted by molar-refractivity contribution is 5.69. The third-order valence-electron chi connectivity index (χ3n) is 3.98. The van der Waals surface area contributed by atoms with E-state index < -0.39 is 11.5 Å². The molecule has 1 aromatic carbocycles. The summed E-state index contributed by atoms with van der Waals surface area (Å²) >= 11 is 0. The Morgan fingerprint density at radius 3 is 2.11 bits per heavy atom. The van der Waals surface area contributed by atoms with Gasteiger partial charge in [-0.1, -0.05) is 58.0 Å². The molecule has 0 aliphatic carbocycles. The fraction of sp³-hybridized carbons (Fsp3) is 0.562. The molecular weight excluding hydrogens is 238 g/mol. The lowest BCUT2D eigenvalue weighted by atomic mass is 9.75. The molecule has 1 atom stereocenters. The second-order valence-electron chi connectivity index (χ2n) is 5.19. The molecule has 0 radical (unpaired) electrons. The molecule has 1 unspecified atom stereocenters. The van der Waals surface area contributed by atoms with Crippen LogP contribution in [0.25, 0.3) is 0 Å². The van der Waals surface area contributed by atoms with Gasteiger partial charge in [0.05, 0.1) is 12.0 Å². The van der Waals surface area contributed by atoms with Crippen LogP contribution in [0.2, 0.25) is 0 Å². The number of benzene rings is 1. The van der Waals surface area contributed by atoms with Gasteiger partial charge in [-0.25, -0.2) is 0 Å². The highest BCUT2D eigenvalue weighted by Crippen LogP contribution is 2.39. The minimum Gasteiger partial charge on any atom is -0.481 e. The standard InChI is InChI=1S/C16H25NO2/c1-5-17(6-2)16(13(3)4,12-15(18)19)14-10-8-7-9-11-14/h7-11,13H,5-6,12H2,1-4H3,(H,18,19). The molecule has 0 bridgehead atoms. The van der Waals surface area contributed by atoms with E-state index in [-0.39, 0.29) is 12.3 Å². The quantitative estimate of drug-likeness (QED) is 0.820. The van der Waals surface area contributed by atoms with Crippen LogP contribution in [0.4, 0.5) is 0 Å². The first-order valence-electron chi connectivity index (χ1n) is 7.01. The van der Waals surface area contributed by atoms with Gasteiger partial charge in [0, 0.05) is 0 Å². The Kier molecular flexibility index (Phi) is 5.55. The molecular formula is C16H25NO2. The van der Waals surface area contributed by atoms with Gasteiger partial charge < -0.3 is 5.11 Å². The van der Waals surface area contributed by atoms with Crippen molar-refractivity contribution >= 4 is 5.97 Å². The van der Waals surface area contributed by atoms with E-state index in [1.54, 1.807) is 0 Å². The summed E-state index contributed by atoms with van der Waals surface area (Å²) in [6.45, 7) is 10.1. The van der Waals surface area contributed by atoms with Crippen LogP contribution in [0.1, 0.15) is 39.7 Å². The number of aliphatic carboxylic acids is 1. The zero-order valence-corrected chi connectivity index (χ0v) is 12.4. The van der Waals surface area contributed by atoms with Crippen molar-refractivity contribution in [2.45, 2.75) is 39.7 Å². The molecule has 0 aromatic heterocycles. The van der Waals surface area contributed by atoms with Crippen LogP contribution in [-0.4, -0.2) is 29.1 Å². The van der Waals surface area contributed by atoms with Crippen molar-refractivity contribution in [3.63, 3.8) is 0 Å². The van der Waals surface area contributed by atoms with E-state index in [1.165, 1.54) is 0 Å². The molecule has 106 valence electrons. The van der Waals surface area contributed by atoms with Crippen LogP contribution < -0.4 is 0 Å². The Hall–Kier alpha value is -1.35. The Morgan fingerprint density at radius 2 is 1.74 bits per heavy atom. The summed E-state index contributed by atoms with van der Waals surface area (Å²) in [4.78, 5) is 13.7. The van der Waals surface area contributed by atoms with Crippen molar-refractivity contribution in [1.29, 1.82) is 0 Å². The molecule has 0 heterocycles. The van der Waals surface area contributed by atoms with E-state index >= 15 is 0 Å². The molecule has 1 aromatic rings. The average Bonchev–Trinajstić information content (AvgIpc) is 2.39. The van der Waals surface area contributed by atoms with Crippen LogP contribution in [0.5, 0.6) is 0 Å². The van der Waals surface area contributed by atoms with E-state index in [0.29, 0.717) is 0 Å². The molecule has 0 aliphatic heterocycles. The van der Waals surface area contributed by atoms with Gasteiger partial charge >= 0.3 is 5.97 Å². The van der Waals surface area contributed by atoms with Crippen LogP contribution in [0.15, 0.2) is 30.3 Å². The molecule has 0 saturated carbocycles. The first-order valence-corrected chi connectivity index (χ1v) is 7.01. The second-order valence-corrected chi connectivity index (χ2v) is 5.19. The maximum atomic E-state index is 11.4. The summed E-state index contributed by atoms with van der Waals surface area (Å²) in [6.07, 6.45) is 0.135. The van der Waals surface area contributed by atoms with Crippen molar-refractivity contribution in [2.24, 2.45) is 5.92 Å². The summed E-state index contributed by atoms with van der Waals surface area (Å²) in [5.74, 6) is -0.518. The van der Waals surface area contributed by atoms with Gasteiger partial charge in [0.1, 0.15) is 0 Å². The molecule has 0 saturated heterocycles. The SMILES string of the molecule is CCN(CC)C(CC(=O)O)(c1ccccc1)C(C)C. The Morgan fingerprint density at radius 1 is 1.21 bits per heavy atom. The number of nitrogens with zero attached hydrogens (tertiary/aromatic N) is 1. The van der Waals surface area contributed by atoms with Gasteiger partial charge in [0.25, 0.3) is 0 Å². The number of rotatable bonds is 7. The minimum absolute atomic E-state index is 0.135. The van der Waals surface area contributed by atoms with Crippen molar-refractivity contribution in [3.8, 4) is 0 Å². The number of carboxylic acid groups (broad SMARTS) is 1. The highest BCUT2D eigenvalue weighted by Gasteiger charge is 2.41. The fourth-order valence-electron chi connectivity index (χ4n) is 3.04. The van der Waals surface area contributed by atoms with Crippen molar-refractivity contribution in [2.75, 3.05) is 13.1 Å². The summed E-state index contributed by atoms with van der Waals surface area (Å²) < 4.78 is 0. The molecule has 19 heavy (non-hydrogen) atoms. The monoisotopic (exact) mass is 263 g/mol. The fourth-order valence-corrected chi connectivity index (χ4v) is 3.04. The molecule has 0 fully saturated rings. The third-order valence-corrected chi connectivity index (χ3v) is 3.98. The maximum Gasteiger partial charge on any atom is 0.305 e. The van der Waals surface area contributed by atoms with Gasteiger partial charge in [0.2, 0.25) is 0 Å². The molecule has 1 rings (SSSR count). The minimum atomic E-state index is -0.746. The summed E-state index contributed by atoms with van der Waals surface area (Å²) in [6, 6.07) is 10.0. The van der Waals surface area contributed by atoms with Gasteiger partial charge in [-0.3, -0.25) is 9.69 Å². The van der Waals surface area contributed by atoms with Crippen LogP contribution in [0.3, 0.4) is 0 Å². The predicted molar refractivity (Wildman–Crippen MR) is 78.1 cm³/mol. The zero-order chi connectivity index (χ0) is 14.5. The first kappa shape index (κ1) is 15.7. The Balaban J connectivity index is 3.39. The molecule has 0 aliphatic rings. The van der Waals surface area contributed by atoms with Crippen molar-refractivity contribution < 1.29 is 9.90 Å². The lowest BCUT2D eigenvalue weighted by molar-refractivity contribution is -0.142. The van der Waals surface area contributed by atoms with Gasteiger partial charge in [-0.2, -0.15) is 0 Å². The smallest absolute Gasteiger partial charge is 0.305 e. The van der Waals surface area contributed by atoms with Crippen LogP contribution in [-0.2, 0) is 10.3 Å². The molecule has 0 amide bonds. The molecule has 1 N–H and O–H groups in total. The van der Waals surface area contributed by atoms with E-state index in [4.69, 9.17) is 0 Å². The summed E-state index contributed by atoms with van der Waals surface area (Å²) in [5.41, 5.74) is 0.660. The van der Waals surface area contributed by atoms with Crippen molar-refractivity contribution in [1.82, 2.24) is 4.90 Å². The average molecular weight is 263 g/mol. The van der Waals surface area contributed by atoms with Gasteiger partial charge in [0.15, 0.2) is 0 Å². The normalized spacial score (nSPS) is 14.6. The lowest BCUT2D eigenvalue weighted by Crippen LogP contribution is -2.51. The molecule has 3 nitrogen and oxygen atoms in total. The van der Waals surface area contributed by atoms with Crippen molar-refractivity contribution in [3.05, 3.63) is 35.9 Å². The van der Waals surface area contributed by atoms with E-state index in [1.807, 2.05) is 30.3 Å². The number of hydrogen-bond donors (Lipinski definition) is 1. The first-order chi connectivity index (χ1) is 8.98. The topological polar surface area (TPSA) is 40.5 Å². The second kappa shape index (κ2) is 6.71. The van der Waals surface area contributed by atoms with Crippen LogP contribution in [0, 0.1) is 5.92 Å². The summed E-state index contributed by atoms with van der Waals surface area (Å²) in [5, 5.41) is 9.37. The number of carbonyl (C=O) groups is 1. The highest BCUT2D eigenvalue weighted by atomic mass is 16.4. The summed E-state index contributed by atoms with van der Waals surface area (Å²) in [7, 11) is 0. The predicted octanol–water partition coefficient (Wildman–Crippen LogP) is 3.35. The molecule has 3 heteroatoms.